The lowest BCUT2D eigenvalue weighted by molar-refractivity contribution is -0.118. The zero-order valence-corrected chi connectivity index (χ0v) is 23.8. The van der Waals surface area contributed by atoms with E-state index in [0.717, 1.165) is 42.4 Å². The molecular formula is C32H46N2O2S. The summed E-state index contributed by atoms with van der Waals surface area (Å²) in [7, 11) is 0. The minimum absolute atomic E-state index is 0.128. The molecule has 1 aliphatic heterocycles. The number of unbranched alkanes of at least 4 members (excludes halogenated alkanes) is 9. The highest BCUT2D eigenvalue weighted by molar-refractivity contribution is 8.02. The van der Waals surface area contributed by atoms with E-state index < -0.39 is 0 Å². The first kappa shape index (κ1) is 29.2. The quantitative estimate of drug-likeness (QED) is 0.183. The molecule has 202 valence electrons. The lowest BCUT2D eigenvalue weighted by atomic mass is 10.1. The van der Waals surface area contributed by atoms with Crippen LogP contribution < -0.4 is 9.64 Å². The van der Waals surface area contributed by atoms with Crippen molar-refractivity contribution in [2.45, 2.75) is 97.6 Å². The summed E-state index contributed by atoms with van der Waals surface area (Å²) in [5.41, 5.74) is 3.28. The normalized spacial score (nSPS) is 12.8. The van der Waals surface area contributed by atoms with Crippen LogP contribution in [0.5, 0.6) is 5.75 Å². The van der Waals surface area contributed by atoms with E-state index in [1.54, 1.807) is 0 Å². The van der Waals surface area contributed by atoms with Crippen LogP contribution in [0.2, 0.25) is 0 Å². The minimum atomic E-state index is 0.128. The van der Waals surface area contributed by atoms with Crippen molar-refractivity contribution < 1.29 is 9.53 Å². The van der Waals surface area contributed by atoms with Crippen LogP contribution in [-0.2, 0) is 17.9 Å². The standard InChI is InChI=1S/C32H46N2O2S/c1-3-5-6-7-8-9-10-11-12-13-22-36-31-16-14-15-29(24-31)26-34(32(35)4-2)30-19-17-28(18-20-30)25-33-21-23-37-27-33/h14-21,23-24H,3-13,22,25-27H2,1-2H3. The molecule has 1 aliphatic rings. The fourth-order valence-electron chi connectivity index (χ4n) is 4.64. The smallest absolute Gasteiger partial charge is 0.227 e. The third kappa shape index (κ3) is 10.9. The van der Waals surface area contributed by atoms with Crippen molar-refractivity contribution in [2.75, 3.05) is 17.4 Å². The van der Waals surface area contributed by atoms with Crippen molar-refractivity contribution in [3.05, 3.63) is 71.3 Å². The molecule has 0 N–H and O–H groups in total. The highest BCUT2D eigenvalue weighted by Crippen LogP contribution is 2.24. The number of thioether (sulfide) groups is 1. The van der Waals surface area contributed by atoms with E-state index >= 15 is 0 Å². The van der Waals surface area contributed by atoms with Gasteiger partial charge in [0.05, 0.1) is 19.0 Å². The molecule has 0 saturated heterocycles. The zero-order chi connectivity index (χ0) is 26.1. The van der Waals surface area contributed by atoms with E-state index in [1.807, 2.05) is 35.7 Å². The summed E-state index contributed by atoms with van der Waals surface area (Å²) < 4.78 is 6.06. The SMILES string of the molecule is CCCCCCCCCCCCOc1cccc(CN(C(=O)CC)c2ccc(CN3C=CSC3)cc2)c1. The molecule has 0 bridgehead atoms. The molecule has 0 aliphatic carbocycles. The first-order valence-electron chi connectivity index (χ1n) is 14.3. The van der Waals surface area contributed by atoms with E-state index in [1.165, 1.54) is 63.4 Å². The first-order valence-corrected chi connectivity index (χ1v) is 15.4. The van der Waals surface area contributed by atoms with Crippen LogP contribution in [0.25, 0.3) is 0 Å². The van der Waals surface area contributed by atoms with Crippen LogP contribution in [0.15, 0.2) is 60.1 Å². The Balaban J connectivity index is 1.43. The lowest BCUT2D eigenvalue weighted by Gasteiger charge is -2.23. The van der Waals surface area contributed by atoms with Crippen molar-refractivity contribution in [1.82, 2.24) is 4.90 Å². The van der Waals surface area contributed by atoms with Crippen LogP contribution in [0, 0.1) is 0 Å². The Labute approximate surface area is 229 Å². The average Bonchev–Trinajstić information content (AvgIpc) is 3.44. The highest BCUT2D eigenvalue weighted by Gasteiger charge is 2.15. The molecular weight excluding hydrogens is 476 g/mol. The number of carbonyl (C=O) groups is 1. The summed E-state index contributed by atoms with van der Waals surface area (Å²) in [6.07, 6.45) is 15.9. The number of anilines is 1. The van der Waals surface area contributed by atoms with Gasteiger partial charge in [-0.3, -0.25) is 4.79 Å². The van der Waals surface area contributed by atoms with Crippen molar-refractivity contribution in [3.8, 4) is 5.75 Å². The molecule has 0 atom stereocenters. The molecule has 2 aromatic rings. The molecule has 1 amide bonds. The predicted octanol–water partition coefficient (Wildman–Crippen LogP) is 8.91. The lowest BCUT2D eigenvalue weighted by Crippen LogP contribution is -2.29. The van der Waals surface area contributed by atoms with E-state index in [9.17, 15) is 4.79 Å². The van der Waals surface area contributed by atoms with E-state index in [0.29, 0.717) is 13.0 Å². The van der Waals surface area contributed by atoms with E-state index in [4.69, 9.17) is 4.74 Å². The molecule has 4 nitrogen and oxygen atoms in total. The molecule has 2 aromatic carbocycles. The number of benzene rings is 2. The van der Waals surface area contributed by atoms with Crippen molar-refractivity contribution in [2.24, 2.45) is 0 Å². The van der Waals surface area contributed by atoms with Gasteiger partial charge in [-0.05, 0) is 47.2 Å². The van der Waals surface area contributed by atoms with Crippen molar-refractivity contribution >= 4 is 23.4 Å². The summed E-state index contributed by atoms with van der Waals surface area (Å²) >= 11 is 1.81. The maximum Gasteiger partial charge on any atom is 0.227 e. The molecule has 0 saturated carbocycles. The van der Waals surface area contributed by atoms with Gasteiger partial charge in [0, 0.05) is 24.9 Å². The summed E-state index contributed by atoms with van der Waals surface area (Å²) in [5.74, 6) is 2.02. The second-order valence-electron chi connectivity index (χ2n) is 10.0. The van der Waals surface area contributed by atoms with Gasteiger partial charge in [-0.15, -0.1) is 11.8 Å². The maximum atomic E-state index is 12.8. The van der Waals surface area contributed by atoms with Crippen molar-refractivity contribution in [3.63, 3.8) is 0 Å². The third-order valence-electron chi connectivity index (χ3n) is 6.85. The highest BCUT2D eigenvalue weighted by atomic mass is 32.2. The largest absolute Gasteiger partial charge is 0.494 e. The molecule has 1 heterocycles. The molecule has 0 fully saturated rings. The second-order valence-corrected chi connectivity index (χ2v) is 10.9. The number of hydrogen-bond donors (Lipinski definition) is 0. The predicted molar refractivity (Wildman–Crippen MR) is 159 cm³/mol. The number of carbonyl (C=O) groups excluding carboxylic acids is 1. The first-order chi connectivity index (χ1) is 18.2. The fourth-order valence-corrected chi connectivity index (χ4v) is 5.35. The van der Waals surface area contributed by atoms with Crippen molar-refractivity contribution in [1.29, 1.82) is 0 Å². The molecule has 5 heteroatoms. The Morgan fingerprint density at radius 1 is 0.892 bits per heavy atom. The topological polar surface area (TPSA) is 32.8 Å². The minimum Gasteiger partial charge on any atom is -0.494 e. The van der Waals surface area contributed by atoms with E-state index in [2.05, 4.69) is 59.8 Å². The van der Waals surface area contributed by atoms with Crippen LogP contribution in [0.1, 0.15) is 95.6 Å². The monoisotopic (exact) mass is 522 g/mol. The Kier molecular flexibility index (Phi) is 13.5. The average molecular weight is 523 g/mol. The number of rotatable bonds is 18. The molecule has 37 heavy (non-hydrogen) atoms. The molecule has 0 radical (unpaired) electrons. The summed E-state index contributed by atoms with van der Waals surface area (Å²) in [4.78, 5) is 17.0. The van der Waals surface area contributed by atoms with Crippen LogP contribution in [0.4, 0.5) is 5.69 Å². The molecule has 0 unspecified atom stereocenters. The van der Waals surface area contributed by atoms with Gasteiger partial charge in [0.2, 0.25) is 5.91 Å². The van der Waals surface area contributed by atoms with Crippen LogP contribution >= 0.6 is 11.8 Å². The van der Waals surface area contributed by atoms with Crippen LogP contribution in [0.3, 0.4) is 0 Å². The van der Waals surface area contributed by atoms with Gasteiger partial charge in [-0.2, -0.15) is 0 Å². The van der Waals surface area contributed by atoms with Gasteiger partial charge in [-0.1, -0.05) is 95.9 Å². The molecule has 3 rings (SSSR count). The number of nitrogens with zero attached hydrogens (tertiary/aromatic N) is 2. The Bertz CT molecular complexity index is 944. The summed E-state index contributed by atoms with van der Waals surface area (Å²) in [5, 5.41) is 2.13. The Hall–Kier alpha value is -2.40. The summed E-state index contributed by atoms with van der Waals surface area (Å²) in [6, 6.07) is 16.6. The Morgan fingerprint density at radius 3 is 2.24 bits per heavy atom. The summed E-state index contributed by atoms with van der Waals surface area (Å²) in [6.45, 7) is 6.39. The fraction of sp³-hybridized carbons (Fsp3) is 0.531. The number of ether oxygens (including phenoxy) is 1. The molecule has 0 aromatic heterocycles. The van der Waals surface area contributed by atoms with Crippen LogP contribution in [-0.4, -0.2) is 23.3 Å². The number of amides is 1. The van der Waals surface area contributed by atoms with Gasteiger partial charge in [0.15, 0.2) is 0 Å². The third-order valence-corrected chi connectivity index (χ3v) is 7.65. The van der Waals surface area contributed by atoms with Gasteiger partial charge >= 0.3 is 0 Å². The number of hydrogen-bond acceptors (Lipinski definition) is 4. The van der Waals surface area contributed by atoms with Gasteiger partial charge in [0.25, 0.3) is 0 Å². The Morgan fingerprint density at radius 2 is 1.59 bits per heavy atom. The van der Waals surface area contributed by atoms with Gasteiger partial charge in [0.1, 0.15) is 5.75 Å². The maximum absolute atomic E-state index is 12.8. The van der Waals surface area contributed by atoms with E-state index in [-0.39, 0.29) is 5.91 Å². The van der Waals surface area contributed by atoms with Gasteiger partial charge in [-0.25, -0.2) is 0 Å². The second kappa shape index (κ2) is 17.2. The molecule has 0 spiro atoms. The zero-order valence-electron chi connectivity index (χ0n) is 23.0. The van der Waals surface area contributed by atoms with Gasteiger partial charge < -0.3 is 14.5 Å².